The number of hydrogen-bond acceptors (Lipinski definition) is 0. The Morgan fingerprint density at radius 3 is 1.03 bits per heavy atom. The van der Waals surface area contributed by atoms with Gasteiger partial charge in [-0.25, -0.2) is 9.69 Å². The first-order chi connectivity index (χ1) is 34.2. The van der Waals surface area contributed by atoms with E-state index in [-0.39, 0.29) is 0 Å². The van der Waals surface area contributed by atoms with Crippen molar-refractivity contribution in [2.45, 2.75) is 51.4 Å². The van der Waals surface area contributed by atoms with Gasteiger partial charge in [-0.15, -0.1) is 0 Å². The molecule has 1 aliphatic carbocycles. The number of para-hydroxylation sites is 6. The lowest BCUT2D eigenvalue weighted by atomic mass is 9.61. The van der Waals surface area contributed by atoms with Crippen LogP contribution in [0.2, 0.25) is 0 Å². The van der Waals surface area contributed by atoms with Gasteiger partial charge in [0.1, 0.15) is 0 Å². The van der Waals surface area contributed by atoms with Crippen molar-refractivity contribution in [3.05, 3.63) is 216 Å². The molecule has 0 aliphatic heterocycles. The summed E-state index contributed by atoms with van der Waals surface area (Å²) in [5.41, 5.74) is 14.4. The Labute approximate surface area is 405 Å². The first-order valence-corrected chi connectivity index (χ1v) is 24.2. The van der Waals surface area contributed by atoms with Crippen LogP contribution in [0.5, 0.6) is 0 Å². The Bertz CT molecular complexity index is 4480. The van der Waals surface area contributed by atoms with E-state index >= 15 is 0 Å². The van der Waals surface area contributed by atoms with Gasteiger partial charge in [0.05, 0.1) is 68.7 Å². The zero-order valence-corrected chi connectivity index (χ0v) is 39.4. The molecule has 0 N–H and O–H groups in total. The van der Waals surface area contributed by atoms with Gasteiger partial charge < -0.3 is 18.3 Å². The molecular weight excluding hydrogens is 853 g/mol. The third-order valence-corrected chi connectivity index (χ3v) is 15.8. The summed E-state index contributed by atoms with van der Waals surface area (Å²) in [4.78, 5) is 9.11. The normalized spacial score (nSPS) is 14.4. The van der Waals surface area contributed by atoms with Gasteiger partial charge in [0.25, 0.3) is 0 Å². The largest absolute Gasteiger partial charge is 0.316 e. The molecule has 332 valence electrons. The van der Waals surface area contributed by atoms with Crippen molar-refractivity contribution in [1.29, 1.82) is 0 Å². The van der Waals surface area contributed by atoms with Gasteiger partial charge >= 0.3 is 0 Å². The number of rotatable bonds is 4. The molecule has 14 rings (SSSR count). The summed E-state index contributed by atoms with van der Waals surface area (Å²) in [5.74, 6) is 0. The van der Waals surface area contributed by atoms with Gasteiger partial charge in [-0.1, -0.05) is 161 Å². The van der Waals surface area contributed by atoms with Crippen molar-refractivity contribution in [2.24, 2.45) is 0 Å². The second-order valence-corrected chi connectivity index (χ2v) is 20.4. The van der Waals surface area contributed by atoms with Gasteiger partial charge in [0.15, 0.2) is 0 Å². The van der Waals surface area contributed by atoms with Crippen LogP contribution in [0.15, 0.2) is 182 Å². The van der Waals surface area contributed by atoms with E-state index in [0.717, 1.165) is 129 Å². The number of benzene rings is 9. The molecule has 13 aromatic rings. The van der Waals surface area contributed by atoms with Crippen LogP contribution in [0, 0.1) is 13.1 Å². The van der Waals surface area contributed by atoms with Crippen molar-refractivity contribution in [2.75, 3.05) is 0 Å². The molecule has 0 unspecified atom stereocenters. The predicted octanol–water partition coefficient (Wildman–Crippen LogP) is 17.5. The highest BCUT2D eigenvalue weighted by Gasteiger charge is 2.45. The fraction of sp³-hybridized carbons (Fsp3) is 0.125. The first-order valence-electron chi connectivity index (χ1n) is 24.2. The van der Waals surface area contributed by atoms with Crippen molar-refractivity contribution < 1.29 is 0 Å². The monoisotopic (exact) mass is 898 g/mol. The zero-order valence-electron chi connectivity index (χ0n) is 39.4. The summed E-state index contributed by atoms with van der Waals surface area (Å²) < 4.78 is 9.77. The smallest absolute Gasteiger partial charge is 0.220 e. The van der Waals surface area contributed by atoms with E-state index in [0.29, 0.717) is 11.4 Å². The molecule has 6 nitrogen and oxygen atoms in total. The Balaban J connectivity index is 1.31. The lowest BCUT2D eigenvalue weighted by Crippen LogP contribution is -2.35. The number of fused-ring (bicyclic) bond motifs is 15. The quantitative estimate of drug-likeness (QED) is 0.158. The fourth-order valence-corrected chi connectivity index (χ4v) is 12.7. The van der Waals surface area contributed by atoms with E-state index in [2.05, 4.69) is 238 Å². The molecule has 0 spiro atoms. The maximum absolute atomic E-state index is 9.47. The summed E-state index contributed by atoms with van der Waals surface area (Å²) in [6.07, 6.45) is 1.79. The lowest BCUT2D eigenvalue weighted by molar-refractivity contribution is 0.333. The third-order valence-electron chi connectivity index (χ3n) is 15.8. The minimum Gasteiger partial charge on any atom is -0.316 e. The van der Waals surface area contributed by atoms with E-state index in [9.17, 15) is 13.1 Å². The summed E-state index contributed by atoms with van der Waals surface area (Å²) in [5, 5.41) is 9.03. The van der Waals surface area contributed by atoms with Crippen LogP contribution in [0.1, 0.15) is 51.7 Å². The van der Waals surface area contributed by atoms with Gasteiger partial charge in [0, 0.05) is 54.5 Å². The summed E-state index contributed by atoms with van der Waals surface area (Å²) in [6.45, 7) is 28.0. The summed E-state index contributed by atoms with van der Waals surface area (Å²) in [6, 6.07) is 65.4. The molecule has 0 saturated carbocycles. The highest BCUT2D eigenvalue weighted by molar-refractivity contribution is 6.26. The predicted molar refractivity (Wildman–Crippen MR) is 292 cm³/mol. The number of hydrogen-bond donors (Lipinski definition) is 0. The van der Waals surface area contributed by atoms with Crippen LogP contribution >= 0.6 is 0 Å². The Morgan fingerprint density at radius 1 is 0.329 bits per heavy atom. The maximum Gasteiger partial charge on any atom is 0.220 e. The molecule has 0 fully saturated rings. The average Bonchev–Trinajstić information content (AvgIpc) is 4.13. The van der Waals surface area contributed by atoms with Gasteiger partial charge in [-0.2, -0.15) is 0 Å². The minimum atomic E-state index is -0.404. The average molecular weight is 899 g/mol. The Kier molecular flexibility index (Phi) is 8.25. The maximum atomic E-state index is 9.47. The SMILES string of the molecule is [C-]#[N+]c1c([N+]#[C-])c2c(c(-n3c4ccccc4c4ccc5c6ccccc6n(-c6ccccc6)c5c43)c1-n1c3ccccc3c3ccc4c5ccccc5n(-c5ccccc5)c4c31)C(C)(C)CCC2(C)C. The fourth-order valence-electron chi connectivity index (χ4n) is 12.7. The summed E-state index contributed by atoms with van der Waals surface area (Å²) in [7, 11) is 0. The van der Waals surface area contributed by atoms with Crippen LogP contribution < -0.4 is 0 Å². The molecule has 4 aromatic heterocycles. The topological polar surface area (TPSA) is 28.4 Å². The van der Waals surface area contributed by atoms with Gasteiger partial charge in [-0.3, -0.25) is 0 Å². The molecular formula is C64H46N6. The zero-order chi connectivity index (χ0) is 47.2. The van der Waals surface area contributed by atoms with Crippen molar-refractivity contribution in [1.82, 2.24) is 18.3 Å². The van der Waals surface area contributed by atoms with E-state index < -0.39 is 10.8 Å². The highest BCUT2D eigenvalue weighted by atomic mass is 15.1. The molecule has 6 heteroatoms. The van der Waals surface area contributed by atoms with Crippen LogP contribution in [-0.4, -0.2) is 18.3 Å². The van der Waals surface area contributed by atoms with Crippen LogP contribution in [-0.2, 0) is 10.8 Å². The molecule has 1 aliphatic rings. The van der Waals surface area contributed by atoms with Gasteiger partial charge in [-0.05, 0) is 83.3 Å². The van der Waals surface area contributed by atoms with Crippen molar-refractivity contribution in [3.8, 4) is 22.7 Å². The Morgan fingerprint density at radius 2 is 0.643 bits per heavy atom. The van der Waals surface area contributed by atoms with Crippen LogP contribution in [0.4, 0.5) is 11.4 Å². The molecule has 0 radical (unpaired) electrons. The van der Waals surface area contributed by atoms with Crippen LogP contribution in [0.3, 0.4) is 0 Å². The summed E-state index contributed by atoms with van der Waals surface area (Å²) >= 11 is 0. The van der Waals surface area contributed by atoms with Crippen molar-refractivity contribution in [3.63, 3.8) is 0 Å². The van der Waals surface area contributed by atoms with Crippen molar-refractivity contribution >= 4 is 98.6 Å². The lowest BCUT2D eigenvalue weighted by Gasteiger charge is -2.45. The van der Waals surface area contributed by atoms with E-state index in [1.165, 1.54) is 5.39 Å². The van der Waals surface area contributed by atoms with Gasteiger partial charge in [0.2, 0.25) is 11.4 Å². The van der Waals surface area contributed by atoms with Crippen LogP contribution in [0.25, 0.3) is 120 Å². The Hall–Kier alpha value is -8.84. The molecule has 0 atom stereocenters. The molecule has 70 heavy (non-hydrogen) atoms. The highest BCUT2D eigenvalue weighted by Crippen LogP contribution is 2.59. The molecule has 0 amide bonds. The molecule has 9 aromatic carbocycles. The molecule has 0 saturated heterocycles. The molecule has 0 bridgehead atoms. The van der Waals surface area contributed by atoms with E-state index in [1.54, 1.807) is 0 Å². The minimum absolute atomic E-state index is 0.373. The molecule has 4 heterocycles. The third kappa shape index (κ3) is 5.20. The van der Waals surface area contributed by atoms with E-state index in [1.807, 2.05) is 0 Å². The second-order valence-electron chi connectivity index (χ2n) is 20.4. The second kappa shape index (κ2) is 14.3. The first kappa shape index (κ1) is 40.2. The van der Waals surface area contributed by atoms with E-state index in [4.69, 9.17) is 0 Å². The number of aromatic nitrogens is 4. The number of nitrogens with zero attached hydrogens (tertiary/aromatic N) is 6. The standard InChI is InChI=1S/C64H46N6/c1-63(2)37-38-64(3,4)54-53(63)55(65-5)56(66-6)62(70-52-32-20-16-28-44(52)48-36-34-46-42-26-14-18-30-50(42)68(58(46)60(48)70)40-23-11-8-12-24-40)61(54)69-51-31-19-15-27-43(51)47-35-33-45-41-25-13-17-29-49(41)67(57(45)59(47)69)39-21-9-7-10-22-39/h7-36H,37-38H2,1-4H3.